The molecule has 0 saturated carbocycles. The average Bonchev–Trinajstić information content (AvgIpc) is 2.65. The van der Waals surface area contributed by atoms with Gasteiger partial charge in [-0.3, -0.25) is 9.69 Å². The van der Waals surface area contributed by atoms with Crippen LogP contribution in [0.2, 0.25) is 0 Å². The molecule has 25 heavy (non-hydrogen) atoms. The van der Waals surface area contributed by atoms with Crippen LogP contribution in [0.1, 0.15) is 6.92 Å². The number of anilines is 2. The first-order valence-electron chi connectivity index (χ1n) is 8.84. The Bertz CT molecular complexity index is 726. The summed E-state index contributed by atoms with van der Waals surface area (Å²) in [6, 6.07) is 17.3. The van der Waals surface area contributed by atoms with Gasteiger partial charge in [0, 0.05) is 56.0 Å². The quantitative estimate of drug-likeness (QED) is 0.844. The number of fused-ring (bicyclic) bond motifs is 2. The van der Waals surface area contributed by atoms with E-state index in [1.807, 2.05) is 16.7 Å². The molecular weight excluding hydrogens is 330 g/mol. The molecule has 2 aromatic carbocycles. The fraction of sp³-hybridized carbons (Fsp3) is 0.350. The number of piperazine rings is 1. The second-order valence-corrected chi connectivity index (χ2v) is 7.62. The maximum Gasteiger partial charge on any atom is 0.219 e. The Balaban J connectivity index is 1.48. The van der Waals surface area contributed by atoms with Crippen LogP contribution in [0.25, 0.3) is 0 Å². The summed E-state index contributed by atoms with van der Waals surface area (Å²) in [5, 5.41) is 0. The van der Waals surface area contributed by atoms with Gasteiger partial charge in [-0.2, -0.15) is 0 Å². The molecule has 4 nitrogen and oxygen atoms in total. The fourth-order valence-electron chi connectivity index (χ4n) is 3.55. The van der Waals surface area contributed by atoms with Crippen LogP contribution in [-0.2, 0) is 4.79 Å². The summed E-state index contributed by atoms with van der Waals surface area (Å²) in [7, 11) is 0. The van der Waals surface area contributed by atoms with Gasteiger partial charge in [0.05, 0.1) is 11.4 Å². The zero-order chi connectivity index (χ0) is 17.2. The minimum absolute atomic E-state index is 0.190. The molecule has 0 unspecified atom stereocenters. The topological polar surface area (TPSA) is 26.8 Å². The lowest BCUT2D eigenvalue weighted by Crippen LogP contribution is -2.49. The van der Waals surface area contributed by atoms with Gasteiger partial charge < -0.3 is 9.80 Å². The molecule has 1 fully saturated rings. The molecular formula is C20H23N3OS. The molecule has 130 valence electrons. The van der Waals surface area contributed by atoms with Gasteiger partial charge in [-0.15, -0.1) is 0 Å². The number of para-hydroxylation sites is 2. The maximum atomic E-state index is 11.5. The molecule has 5 heteroatoms. The lowest BCUT2D eigenvalue weighted by Gasteiger charge is -2.37. The third kappa shape index (κ3) is 3.39. The lowest BCUT2D eigenvalue weighted by atomic mass is 10.2. The molecule has 4 rings (SSSR count). The van der Waals surface area contributed by atoms with Gasteiger partial charge in [0.1, 0.15) is 0 Å². The average molecular weight is 353 g/mol. The highest BCUT2D eigenvalue weighted by molar-refractivity contribution is 7.99. The van der Waals surface area contributed by atoms with E-state index in [0.29, 0.717) is 0 Å². The van der Waals surface area contributed by atoms with Crippen molar-refractivity contribution in [2.75, 3.05) is 44.2 Å². The van der Waals surface area contributed by atoms with E-state index >= 15 is 0 Å². The van der Waals surface area contributed by atoms with E-state index in [0.717, 1.165) is 39.3 Å². The predicted molar refractivity (Wildman–Crippen MR) is 103 cm³/mol. The van der Waals surface area contributed by atoms with Crippen molar-refractivity contribution in [3.63, 3.8) is 0 Å². The monoisotopic (exact) mass is 353 g/mol. The van der Waals surface area contributed by atoms with Crippen LogP contribution in [0.4, 0.5) is 11.4 Å². The molecule has 2 aromatic rings. The van der Waals surface area contributed by atoms with Crippen molar-refractivity contribution < 1.29 is 4.79 Å². The highest BCUT2D eigenvalue weighted by Gasteiger charge is 2.24. The van der Waals surface area contributed by atoms with Crippen LogP contribution in [0, 0.1) is 0 Å². The highest BCUT2D eigenvalue weighted by Crippen LogP contribution is 2.47. The van der Waals surface area contributed by atoms with E-state index in [2.05, 4.69) is 58.3 Å². The van der Waals surface area contributed by atoms with Crippen molar-refractivity contribution in [3.8, 4) is 0 Å². The molecule has 1 saturated heterocycles. The number of hydrogen-bond acceptors (Lipinski definition) is 4. The number of benzene rings is 2. The van der Waals surface area contributed by atoms with E-state index in [4.69, 9.17) is 0 Å². The summed E-state index contributed by atoms with van der Waals surface area (Å²) >= 11 is 1.85. The Morgan fingerprint density at radius 1 is 0.880 bits per heavy atom. The molecule has 0 bridgehead atoms. The molecule has 2 aliphatic heterocycles. The normalized spacial score (nSPS) is 17.2. The van der Waals surface area contributed by atoms with E-state index in [1.165, 1.54) is 21.2 Å². The third-order valence-corrected chi connectivity index (χ3v) is 6.12. The summed E-state index contributed by atoms with van der Waals surface area (Å²) in [5.41, 5.74) is 2.60. The van der Waals surface area contributed by atoms with Crippen molar-refractivity contribution >= 4 is 29.0 Å². The van der Waals surface area contributed by atoms with Crippen LogP contribution in [-0.4, -0.2) is 55.0 Å². The minimum Gasteiger partial charge on any atom is -0.340 e. The fourth-order valence-corrected chi connectivity index (χ4v) is 4.65. The minimum atomic E-state index is 0.190. The van der Waals surface area contributed by atoms with Crippen molar-refractivity contribution in [2.45, 2.75) is 16.7 Å². The first-order valence-corrected chi connectivity index (χ1v) is 9.65. The van der Waals surface area contributed by atoms with E-state index in [1.54, 1.807) is 6.92 Å². The Morgan fingerprint density at radius 2 is 1.44 bits per heavy atom. The highest BCUT2D eigenvalue weighted by atomic mass is 32.2. The largest absolute Gasteiger partial charge is 0.340 e. The van der Waals surface area contributed by atoms with Gasteiger partial charge in [-0.05, 0) is 24.3 Å². The molecule has 0 N–H and O–H groups in total. The number of hydrogen-bond donors (Lipinski definition) is 0. The van der Waals surface area contributed by atoms with Crippen molar-refractivity contribution in [1.29, 1.82) is 0 Å². The third-order valence-electron chi connectivity index (χ3n) is 4.99. The van der Waals surface area contributed by atoms with Gasteiger partial charge in [-0.1, -0.05) is 36.0 Å². The van der Waals surface area contributed by atoms with Crippen molar-refractivity contribution in [2.24, 2.45) is 0 Å². The van der Waals surface area contributed by atoms with Crippen LogP contribution >= 0.6 is 11.8 Å². The molecule has 0 radical (unpaired) electrons. The van der Waals surface area contributed by atoms with Gasteiger partial charge in [0.25, 0.3) is 0 Å². The Morgan fingerprint density at radius 3 is 2.00 bits per heavy atom. The van der Waals surface area contributed by atoms with Crippen LogP contribution in [0.5, 0.6) is 0 Å². The Hall–Kier alpha value is -1.98. The number of amides is 1. The van der Waals surface area contributed by atoms with Crippen LogP contribution < -0.4 is 4.90 Å². The second-order valence-electron chi connectivity index (χ2n) is 6.54. The van der Waals surface area contributed by atoms with Gasteiger partial charge in [-0.25, -0.2) is 0 Å². The van der Waals surface area contributed by atoms with Crippen molar-refractivity contribution in [3.05, 3.63) is 48.5 Å². The number of carbonyl (C=O) groups is 1. The summed E-state index contributed by atoms with van der Waals surface area (Å²) < 4.78 is 0. The van der Waals surface area contributed by atoms with E-state index in [-0.39, 0.29) is 5.91 Å². The SMILES string of the molecule is CC(=O)N1CCN(CCN2c3ccccc3Sc3ccccc32)CC1. The first-order chi connectivity index (χ1) is 12.2. The number of rotatable bonds is 3. The Kier molecular flexibility index (Phi) is 4.68. The predicted octanol–water partition coefficient (Wildman–Crippen LogP) is 3.45. The zero-order valence-corrected chi connectivity index (χ0v) is 15.3. The van der Waals surface area contributed by atoms with Crippen LogP contribution in [0.15, 0.2) is 58.3 Å². The Labute approximate surface area is 153 Å². The molecule has 2 aliphatic rings. The van der Waals surface area contributed by atoms with Crippen LogP contribution in [0.3, 0.4) is 0 Å². The molecule has 0 aliphatic carbocycles. The van der Waals surface area contributed by atoms with E-state index in [9.17, 15) is 4.79 Å². The van der Waals surface area contributed by atoms with Gasteiger partial charge >= 0.3 is 0 Å². The van der Waals surface area contributed by atoms with Gasteiger partial charge in [0.2, 0.25) is 5.91 Å². The molecule has 2 heterocycles. The van der Waals surface area contributed by atoms with E-state index < -0.39 is 0 Å². The molecule has 0 spiro atoms. The molecule has 0 aromatic heterocycles. The molecule has 1 amide bonds. The maximum absolute atomic E-state index is 11.5. The zero-order valence-electron chi connectivity index (χ0n) is 14.5. The lowest BCUT2D eigenvalue weighted by molar-refractivity contribution is -0.130. The summed E-state index contributed by atoms with van der Waals surface area (Å²) in [5.74, 6) is 0.190. The first kappa shape index (κ1) is 16.5. The number of carbonyl (C=O) groups excluding carboxylic acids is 1. The van der Waals surface area contributed by atoms with Crippen molar-refractivity contribution in [1.82, 2.24) is 9.80 Å². The van der Waals surface area contributed by atoms with Gasteiger partial charge in [0.15, 0.2) is 0 Å². The summed E-state index contributed by atoms with van der Waals surface area (Å²) in [6.45, 7) is 7.26. The smallest absolute Gasteiger partial charge is 0.219 e. The summed E-state index contributed by atoms with van der Waals surface area (Å²) in [6.07, 6.45) is 0. The second kappa shape index (κ2) is 7.10. The summed E-state index contributed by atoms with van der Waals surface area (Å²) in [4.78, 5) is 21.0. The standard InChI is InChI=1S/C20H23N3OS/c1-16(24)22-13-10-21(11-14-22)12-15-23-17-6-2-4-8-19(17)25-20-9-5-3-7-18(20)23/h2-9H,10-15H2,1H3. The molecule has 0 atom stereocenters. The number of nitrogens with zero attached hydrogens (tertiary/aromatic N) is 3.